The zero-order valence-corrected chi connectivity index (χ0v) is 12.0. The fourth-order valence-electron chi connectivity index (χ4n) is 2.14. The van der Waals surface area contributed by atoms with Gasteiger partial charge in [-0.25, -0.2) is 13.9 Å². The Bertz CT molecular complexity index is 667. The average Bonchev–Trinajstić information content (AvgIpc) is 2.83. The maximum atomic E-state index is 13.7. The lowest BCUT2D eigenvalue weighted by Crippen LogP contribution is -2.11. The molecule has 0 radical (unpaired) electrons. The molecule has 0 atom stereocenters. The fourth-order valence-corrected chi connectivity index (χ4v) is 2.14. The molecule has 1 aromatic heterocycles. The molecule has 112 valence electrons. The van der Waals surface area contributed by atoms with Gasteiger partial charge >= 0.3 is 5.97 Å². The molecule has 0 saturated carbocycles. The number of carboxylic acids is 1. The number of carbonyl (C=O) groups is 1. The first-order chi connectivity index (χ1) is 9.93. The normalized spacial score (nSPS) is 10.9. The van der Waals surface area contributed by atoms with Gasteiger partial charge < -0.3 is 9.84 Å². The van der Waals surface area contributed by atoms with E-state index in [1.807, 2.05) is 13.8 Å². The Labute approximate surface area is 121 Å². The third-order valence-electron chi connectivity index (χ3n) is 3.07. The predicted molar refractivity (Wildman–Crippen MR) is 73.1 cm³/mol. The van der Waals surface area contributed by atoms with Crippen LogP contribution in [0.15, 0.2) is 18.2 Å². The van der Waals surface area contributed by atoms with Crippen molar-refractivity contribution >= 4 is 5.97 Å². The van der Waals surface area contributed by atoms with Crippen molar-refractivity contribution in [2.45, 2.75) is 26.3 Å². The van der Waals surface area contributed by atoms with Gasteiger partial charge in [0.05, 0.1) is 19.3 Å². The van der Waals surface area contributed by atoms with Crippen molar-refractivity contribution in [2.24, 2.45) is 0 Å². The number of carboxylic acid groups (broad SMARTS) is 1. The quantitative estimate of drug-likeness (QED) is 0.915. The average molecular weight is 293 g/mol. The third kappa shape index (κ3) is 3.01. The molecule has 1 aromatic carbocycles. The summed E-state index contributed by atoms with van der Waals surface area (Å²) in [7, 11) is 1.39. The minimum Gasteiger partial charge on any atom is -0.494 e. The molecule has 0 unspecified atom stereocenters. The largest absolute Gasteiger partial charge is 0.494 e. The van der Waals surface area contributed by atoms with Crippen LogP contribution < -0.4 is 4.74 Å². The molecular weight excluding hydrogens is 277 g/mol. The maximum absolute atomic E-state index is 13.7. The van der Waals surface area contributed by atoms with Crippen molar-refractivity contribution in [1.82, 2.24) is 15.0 Å². The molecular formula is C14H16FN3O3. The number of ether oxygens (including phenoxy) is 1. The molecule has 0 aliphatic carbocycles. The van der Waals surface area contributed by atoms with Gasteiger partial charge in [-0.3, -0.25) is 0 Å². The fraction of sp³-hybridized carbons (Fsp3) is 0.357. The highest BCUT2D eigenvalue weighted by Gasteiger charge is 2.21. The molecule has 7 heteroatoms. The second-order valence-electron chi connectivity index (χ2n) is 4.91. The van der Waals surface area contributed by atoms with Crippen LogP contribution in [0, 0.1) is 5.82 Å². The number of rotatable bonds is 5. The first-order valence-electron chi connectivity index (χ1n) is 6.43. The van der Waals surface area contributed by atoms with Crippen LogP contribution in [0.1, 0.15) is 41.5 Å². The summed E-state index contributed by atoms with van der Waals surface area (Å²) in [5.74, 6) is -1.49. The number of hydrogen-bond donors (Lipinski definition) is 1. The lowest BCUT2D eigenvalue weighted by molar-refractivity contribution is 0.0688. The summed E-state index contributed by atoms with van der Waals surface area (Å²) < 4.78 is 20.0. The van der Waals surface area contributed by atoms with E-state index in [0.29, 0.717) is 11.3 Å². The zero-order valence-electron chi connectivity index (χ0n) is 12.0. The van der Waals surface area contributed by atoms with Gasteiger partial charge in [0.1, 0.15) is 0 Å². The minimum atomic E-state index is -1.12. The standard InChI is InChI=1S/C14H16FN3O3/c1-8(2)13-12(14(19)20)16-17-18(13)7-9-4-5-11(21-3)10(15)6-9/h4-6,8H,7H2,1-3H3,(H,19,20). The number of halogens is 1. The summed E-state index contributed by atoms with van der Waals surface area (Å²) in [6, 6.07) is 4.56. The highest BCUT2D eigenvalue weighted by atomic mass is 19.1. The van der Waals surface area contributed by atoms with E-state index in [2.05, 4.69) is 10.3 Å². The molecule has 0 saturated heterocycles. The second-order valence-corrected chi connectivity index (χ2v) is 4.91. The van der Waals surface area contributed by atoms with Crippen LogP contribution in [0.3, 0.4) is 0 Å². The van der Waals surface area contributed by atoms with Crippen molar-refractivity contribution < 1.29 is 19.0 Å². The first kappa shape index (κ1) is 15.0. The summed E-state index contributed by atoms with van der Waals surface area (Å²) in [6.07, 6.45) is 0. The van der Waals surface area contributed by atoms with Gasteiger partial charge in [0.25, 0.3) is 0 Å². The number of benzene rings is 1. The maximum Gasteiger partial charge on any atom is 0.358 e. The molecule has 0 amide bonds. The van der Waals surface area contributed by atoms with Crippen LogP contribution in [0.25, 0.3) is 0 Å². The van der Waals surface area contributed by atoms with Crippen LogP contribution in [0.4, 0.5) is 4.39 Å². The Balaban J connectivity index is 2.35. The number of aromatic nitrogens is 3. The van der Waals surface area contributed by atoms with Gasteiger partial charge in [0, 0.05) is 0 Å². The van der Waals surface area contributed by atoms with Gasteiger partial charge in [0.2, 0.25) is 0 Å². The van der Waals surface area contributed by atoms with E-state index in [0.717, 1.165) is 0 Å². The molecule has 0 aliphatic heterocycles. The number of hydrogen-bond acceptors (Lipinski definition) is 4. The smallest absolute Gasteiger partial charge is 0.358 e. The molecule has 1 N–H and O–H groups in total. The third-order valence-corrected chi connectivity index (χ3v) is 3.07. The Morgan fingerprint density at radius 3 is 2.71 bits per heavy atom. The Kier molecular flexibility index (Phi) is 4.21. The van der Waals surface area contributed by atoms with Crippen LogP contribution in [0.5, 0.6) is 5.75 Å². The van der Waals surface area contributed by atoms with E-state index in [1.54, 1.807) is 6.07 Å². The molecule has 6 nitrogen and oxygen atoms in total. The van der Waals surface area contributed by atoms with Gasteiger partial charge in [0.15, 0.2) is 17.3 Å². The van der Waals surface area contributed by atoms with E-state index < -0.39 is 11.8 Å². The molecule has 0 bridgehead atoms. The monoisotopic (exact) mass is 293 g/mol. The number of methoxy groups -OCH3 is 1. The number of aromatic carboxylic acids is 1. The summed E-state index contributed by atoms with van der Waals surface area (Å²) in [5, 5.41) is 16.7. The van der Waals surface area contributed by atoms with Crippen LogP contribution in [-0.4, -0.2) is 33.2 Å². The van der Waals surface area contributed by atoms with E-state index in [9.17, 15) is 9.18 Å². The molecule has 21 heavy (non-hydrogen) atoms. The van der Waals surface area contributed by atoms with Crippen molar-refractivity contribution in [3.8, 4) is 5.75 Å². The van der Waals surface area contributed by atoms with Gasteiger partial charge in [-0.05, 0) is 23.6 Å². The summed E-state index contributed by atoms with van der Waals surface area (Å²) in [5.41, 5.74) is 1.09. The van der Waals surface area contributed by atoms with E-state index in [1.165, 1.54) is 23.9 Å². The topological polar surface area (TPSA) is 77.2 Å². The van der Waals surface area contributed by atoms with Gasteiger partial charge in [-0.2, -0.15) is 0 Å². The predicted octanol–water partition coefficient (Wildman–Crippen LogP) is 2.30. The lowest BCUT2D eigenvalue weighted by atomic mass is 10.1. The van der Waals surface area contributed by atoms with E-state index in [4.69, 9.17) is 9.84 Å². The molecule has 0 spiro atoms. The van der Waals surface area contributed by atoms with Crippen molar-refractivity contribution in [3.63, 3.8) is 0 Å². The van der Waals surface area contributed by atoms with Crippen molar-refractivity contribution in [2.75, 3.05) is 7.11 Å². The summed E-state index contributed by atoms with van der Waals surface area (Å²) >= 11 is 0. The number of nitrogens with zero attached hydrogens (tertiary/aromatic N) is 3. The minimum absolute atomic E-state index is 0.0609. The second kappa shape index (κ2) is 5.90. The van der Waals surface area contributed by atoms with Crippen molar-refractivity contribution in [3.05, 3.63) is 41.0 Å². The first-order valence-corrected chi connectivity index (χ1v) is 6.43. The van der Waals surface area contributed by atoms with Crippen LogP contribution in [-0.2, 0) is 6.54 Å². The van der Waals surface area contributed by atoms with Crippen LogP contribution >= 0.6 is 0 Å². The molecule has 2 rings (SSSR count). The van der Waals surface area contributed by atoms with Gasteiger partial charge in [-0.1, -0.05) is 25.1 Å². The van der Waals surface area contributed by atoms with Gasteiger partial charge in [-0.15, -0.1) is 5.10 Å². The van der Waals surface area contributed by atoms with E-state index >= 15 is 0 Å². The zero-order chi connectivity index (χ0) is 15.6. The lowest BCUT2D eigenvalue weighted by Gasteiger charge is -2.10. The molecule has 0 aliphatic rings. The SMILES string of the molecule is COc1ccc(Cn2nnc(C(=O)O)c2C(C)C)cc1F. The highest BCUT2D eigenvalue weighted by molar-refractivity contribution is 5.86. The van der Waals surface area contributed by atoms with Crippen molar-refractivity contribution in [1.29, 1.82) is 0 Å². The van der Waals surface area contributed by atoms with Crippen LogP contribution in [0.2, 0.25) is 0 Å². The molecule has 0 fully saturated rings. The Morgan fingerprint density at radius 1 is 1.48 bits per heavy atom. The Hall–Kier alpha value is -2.44. The molecule has 1 heterocycles. The Morgan fingerprint density at radius 2 is 2.19 bits per heavy atom. The summed E-state index contributed by atoms with van der Waals surface area (Å²) in [4.78, 5) is 11.1. The highest BCUT2D eigenvalue weighted by Crippen LogP contribution is 2.21. The van der Waals surface area contributed by atoms with E-state index in [-0.39, 0.29) is 23.9 Å². The summed E-state index contributed by atoms with van der Waals surface area (Å²) in [6.45, 7) is 3.96. The molecule has 2 aromatic rings.